The fraction of sp³-hybridized carbons (Fsp3) is 0.385. The minimum atomic E-state index is -4.65. The molecular formula is C13H15ClF3N3O2. The Labute approximate surface area is 130 Å². The van der Waals surface area contributed by atoms with E-state index in [0.717, 1.165) is 0 Å². The normalized spacial score (nSPS) is 14.3. The first-order valence-electron chi connectivity index (χ1n) is 6.22. The molecule has 2 unspecified atom stereocenters. The summed E-state index contributed by atoms with van der Waals surface area (Å²) >= 11 is 0. The lowest BCUT2D eigenvalue weighted by Crippen LogP contribution is -2.34. The van der Waals surface area contributed by atoms with Gasteiger partial charge in [-0.1, -0.05) is 6.92 Å². The quantitative estimate of drug-likeness (QED) is 0.901. The van der Waals surface area contributed by atoms with Crippen molar-refractivity contribution in [1.82, 2.24) is 4.98 Å². The zero-order chi connectivity index (χ0) is 15.8. The Morgan fingerprint density at radius 2 is 2.00 bits per heavy atom. The summed E-state index contributed by atoms with van der Waals surface area (Å²) < 4.78 is 42.1. The molecule has 9 heteroatoms. The minimum Gasteiger partial charge on any atom is -0.433 e. The molecule has 2 rings (SSSR count). The first-order valence-corrected chi connectivity index (χ1v) is 6.22. The number of hydrogen-bond acceptors (Lipinski definition) is 4. The zero-order valence-corrected chi connectivity index (χ0v) is 12.6. The van der Waals surface area contributed by atoms with Crippen molar-refractivity contribution >= 4 is 35.1 Å². The predicted molar refractivity (Wildman–Crippen MR) is 77.7 cm³/mol. The molecular weight excluding hydrogens is 323 g/mol. The van der Waals surface area contributed by atoms with Crippen LogP contribution in [0.1, 0.15) is 19.7 Å². The third kappa shape index (κ3) is 3.89. The highest BCUT2D eigenvalue weighted by Crippen LogP contribution is 2.31. The summed E-state index contributed by atoms with van der Waals surface area (Å²) in [5.41, 5.74) is 5.98. The zero-order valence-electron chi connectivity index (χ0n) is 11.8. The summed E-state index contributed by atoms with van der Waals surface area (Å²) in [7, 11) is 0. The number of nitrogens with one attached hydrogen (secondary N) is 1. The van der Waals surface area contributed by atoms with Gasteiger partial charge in [-0.3, -0.25) is 4.79 Å². The summed E-state index contributed by atoms with van der Waals surface area (Å²) in [6.45, 7) is 3.36. The van der Waals surface area contributed by atoms with Crippen LogP contribution in [0.25, 0.3) is 11.1 Å². The van der Waals surface area contributed by atoms with Crippen molar-refractivity contribution in [2.24, 2.45) is 11.7 Å². The molecule has 0 saturated heterocycles. The van der Waals surface area contributed by atoms with Crippen LogP contribution in [0, 0.1) is 5.92 Å². The van der Waals surface area contributed by atoms with Gasteiger partial charge in [0, 0.05) is 11.7 Å². The van der Waals surface area contributed by atoms with Crippen LogP contribution in [0.15, 0.2) is 22.6 Å². The van der Waals surface area contributed by atoms with E-state index in [1.54, 1.807) is 13.8 Å². The summed E-state index contributed by atoms with van der Waals surface area (Å²) in [6.07, 6.45) is -4.65. The SMILES string of the molecule is CC(N)C(C)C(=O)Nc1ccc2oc(C(F)(F)F)nc2c1.Cl. The maximum atomic E-state index is 12.5. The second kappa shape index (κ2) is 6.53. The van der Waals surface area contributed by atoms with Crippen molar-refractivity contribution in [2.75, 3.05) is 5.32 Å². The number of halogens is 4. The number of benzene rings is 1. The molecule has 5 nitrogen and oxygen atoms in total. The van der Waals surface area contributed by atoms with Gasteiger partial charge < -0.3 is 15.5 Å². The molecule has 3 N–H and O–H groups in total. The van der Waals surface area contributed by atoms with Crippen molar-refractivity contribution in [3.63, 3.8) is 0 Å². The fourth-order valence-corrected chi connectivity index (χ4v) is 1.62. The van der Waals surface area contributed by atoms with Crippen LogP contribution in [-0.2, 0) is 11.0 Å². The lowest BCUT2D eigenvalue weighted by Gasteiger charge is -2.15. The first-order chi connectivity index (χ1) is 9.68. The van der Waals surface area contributed by atoms with Gasteiger partial charge in [0.1, 0.15) is 5.52 Å². The molecule has 0 bridgehead atoms. The maximum absolute atomic E-state index is 12.5. The van der Waals surface area contributed by atoms with E-state index in [0.29, 0.717) is 5.69 Å². The monoisotopic (exact) mass is 337 g/mol. The molecule has 0 aliphatic heterocycles. The largest absolute Gasteiger partial charge is 0.468 e. The molecule has 22 heavy (non-hydrogen) atoms. The van der Waals surface area contributed by atoms with E-state index in [1.807, 2.05) is 0 Å². The lowest BCUT2D eigenvalue weighted by molar-refractivity contribution is -0.156. The van der Waals surface area contributed by atoms with E-state index in [4.69, 9.17) is 5.73 Å². The van der Waals surface area contributed by atoms with Crippen LogP contribution in [0.4, 0.5) is 18.9 Å². The van der Waals surface area contributed by atoms with Gasteiger partial charge in [-0.25, -0.2) is 4.98 Å². The summed E-state index contributed by atoms with van der Waals surface area (Å²) in [5.74, 6) is -2.06. The second-order valence-electron chi connectivity index (χ2n) is 4.84. The maximum Gasteiger partial charge on any atom is 0.468 e. The molecule has 1 aromatic carbocycles. The number of fused-ring (bicyclic) bond motifs is 1. The molecule has 1 aromatic heterocycles. The number of amides is 1. The molecule has 0 saturated carbocycles. The molecule has 0 aliphatic carbocycles. The van der Waals surface area contributed by atoms with Crippen molar-refractivity contribution in [3.05, 3.63) is 24.1 Å². The van der Waals surface area contributed by atoms with Gasteiger partial charge in [-0.2, -0.15) is 13.2 Å². The van der Waals surface area contributed by atoms with Crippen LogP contribution in [0.3, 0.4) is 0 Å². The van der Waals surface area contributed by atoms with Crippen molar-refractivity contribution < 1.29 is 22.4 Å². The molecule has 0 radical (unpaired) electrons. The highest BCUT2D eigenvalue weighted by atomic mass is 35.5. The van der Waals surface area contributed by atoms with E-state index in [1.165, 1.54) is 18.2 Å². The summed E-state index contributed by atoms with van der Waals surface area (Å²) in [5, 5.41) is 2.58. The molecule has 2 aromatic rings. The van der Waals surface area contributed by atoms with Gasteiger partial charge in [-0.05, 0) is 25.1 Å². The number of hydrogen-bond donors (Lipinski definition) is 2. The average Bonchev–Trinajstić information content (AvgIpc) is 2.80. The van der Waals surface area contributed by atoms with E-state index in [2.05, 4.69) is 14.7 Å². The Bertz CT molecular complexity index is 670. The molecule has 122 valence electrons. The van der Waals surface area contributed by atoms with Gasteiger partial charge in [0.25, 0.3) is 0 Å². The number of anilines is 1. The Morgan fingerprint density at radius 3 is 2.55 bits per heavy atom. The highest BCUT2D eigenvalue weighted by molar-refractivity contribution is 5.94. The van der Waals surface area contributed by atoms with E-state index in [9.17, 15) is 18.0 Å². The second-order valence-corrected chi connectivity index (χ2v) is 4.84. The number of aromatic nitrogens is 1. The molecule has 0 aliphatic rings. The number of nitrogens with zero attached hydrogens (tertiary/aromatic N) is 1. The van der Waals surface area contributed by atoms with Crippen LogP contribution in [-0.4, -0.2) is 16.9 Å². The van der Waals surface area contributed by atoms with E-state index < -0.39 is 18.0 Å². The Balaban J connectivity index is 0.00000242. The summed E-state index contributed by atoms with van der Waals surface area (Å²) in [4.78, 5) is 15.2. The van der Waals surface area contributed by atoms with Crippen LogP contribution >= 0.6 is 12.4 Å². The van der Waals surface area contributed by atoms with Crippen LogP contribution in [0.5, 0.6) is 0 Å². The molecule has 1 heterocycles. The Morgan fingerprint density at radius 1 is 1.36 bits per heavy atom. The minimum absolute atomic E-state index is 0. The van der Waals surface area contributed by atoms with E-state index >= 15 is 0 Å². The average molecular weight is 338 g/mol. The summed E-state index contributed by atoms with van der Waals surface area (Å²) in [6, 6.07) is 3.75. The number of nitrogens with two attached hydrogens (primary N) is 1. The first kappa shape index (κ1) is 18.2. The van der Waals surface area contributed by atoms with Gasteiger partial charge in [0.2, 0.25) is 5.91 Å². The standard InChI is InChI=1S/C13H14F3N3O2.ClH/c1-6(7(2)17)11(20)18-8-3-4-10-9(5-8)19-12(21-10)13(14,15)16;/h3-7H,17H2,1-2H3,(H,18,20);1H. The lowest BCUT2D eigenvalue weighted by atomic mass is 10.0. The van der Waals surface area contributed by atoms with Gasteiger partial charge in [-0.15, -0.1) is 12.4 Å². The molecule has 2 atom stereocenters. The Kier molecular flexibility index (Phi) is 5.42. The van der Waals surface area contributed by atoms with Crippen molar-refractivity contribution in [3.8, 4) is 0 Å². The number of carbonyl (C=O) groups is 1. The van der Waals surface area contributed by atoms with Crippen LogP contribution in [0.2, 0.25) is 0 Å². The fourth-order valence-electron chi connectivity index (χ4n) is 1.62. The van der Waals surface area contributed by atoms with Crippen molar-refractivity contribution in [2.45, 2.75) is 26.1 Å². The number of alkyl halides is 3. The van der Waals surface area contributed by atoms with Gasteiger partial charge in [0.15, 0.2) is 5.58 Å². The van der Waals surface area contributed by atoms with Gasteiger partial charge in [0.05, 0.1) is 5.92 Å². The number of carbonyl (C=O) groups excluding carboxylic acids is 1. The number of rotatable bonds is 3. The Hall–Kier alpha value is -1.80. The molecule has 1 amide bonds. The molecule has 0 fully saturated rings. The van der Waals surface area contributed by atoms with E-state index in [-0.39, 0.29) is 35.5 Å². The predicted octanol–water partition coefficient (Wildman–Crippen LogP) is 3.19. The third-order valence-corrected chi connectivity index (χ3v) is 3.10. The molecule has 0 spiro atoms. The van der Waals surface area contributed by atoms with Gasteiger partial charge >= 0.3 is 12.1 Å². The number of oxazole rings is 1. The topological polar surface area (TPSA) is 81.2 Å². The highest BCUT2D eigenvalue weighted by Gasteiger charge is 2.37. The van der Waals surface area contributed by atoms with Crippen LogP contribution < -0.4 is 11.1 Å². The third-order valence-electron chi connectivity index (χ3n) is 3.10. The smallest absolute Gasteiger partial charge is 0.433 e. The van der Waals surface area contributed by atoms with Crippen molar-refractivity contribution in [1.29, 1.82) is 0 Å².